The smallest absolute Gasteiger partial charge is 0.213 e. The van der Waals surface area contributed by atoms with Crippen LogP contribution in [-0.4, -0.2) is 20.9 Å². The van der Waals surface area contributed by atoms with Gasteiger partial charge < -0.3 is 0 Å². The summed E-state index contributed by atoms with van der Waals surface area (Å²) >= 11 is 4.93. The van der Waals surface area contributed by atoms with E-state index in [1.165, 1.54) is 11.3 Å². The zero-order valence-corrected chi connectivity index (χ0v) is 13.4. The normalized spacial score (nSPS) is 11.4. The Balaban J connectivity index is 2.19. The number of fused-ring (bicyclic) bond motifs is 1. The van der Waals surface area contributed by atoms with Gasteiger partial charge in [-0.2, -0.15) is 9.61 Å². The van der Waals surface area contributed by atoms with Crippen LogP contribution in [0.5, 0.6) is 0 Å². The fourth-order valence-electron chi connectivity index (χ4n) is 1.94. The molecule has 3 rings (SSSR count). The number of aldehydes is 1. The molecule has 0 atom stereocenters. The molecular weight excluding hydrogens is 338 g/mol. The highest BCUT2D eigenvalue weighted by molar-refractivity contribution is 9.10. The Kier molecular flexibility index (Phi) is 3.43. The average molecular weight is 350 g/mol. The molecule has 0 N–H and O–H groups in total. The first-order chi connectivity index (χ1) is 9.60. The molecule has 4 nitrogen and oxygen atoms in total. The molecule has 1 aromatic carbocycles. The van der Waals surface area contributed by atoms with Gasteiger partial charge in [-0.3, -0.25) is 4.79 Å². The van der Waals surface area contributed by atoms with Gasteiger partial charge >= 0.3 is 0 Å². The summed E-state index contributed by atoms with van der Waals surface area (Å²) in [6, 6.07) is 7.74. The van der Waals surface area contributed by atoms with Crippen molar-refractivity contribution < 1.29 is 4.79 Å². The fraction of sp³-hybridized carbons (Fsp3) is 0.214. The number of carbonyl (C=O) groups excluding carboxylic acids is 1. The number of carbonyl (C=O) groups is 1. The molecule has 2 heterocycles. The van der Waals surface area contributed by atoms with Gasteiger partial charge in [0.15, 0.2) is 6.29 Å². The third-order valence-corrected chi connectivity index (χ3v) is 4.71. The van der Waals surface area contributed by atoms with Crippen molar-refractivity contribution >= 4 is 38.5 Å². The predicted molar refractivity (Wildman–Crippen MR) is 83.5 cm³/mol. The highest BCUT2D eigenvalue weighted by atomic mass is 79.9. The number of nitrogens with zero attached hydrogens (tertiary/aromatic N) is 3. The van der Waals surface area contributed by atoms with E-state index < -0.39 is 0 Å². The Morgan fingerprint density at radius 3 is 2.60 bits per heavy atom. The molecule has 0 spiro atoms. The second-order valence-electron chi connectivity index (χ2n) is 4.76. The molecule has 0 unspecified atom stereocenters. The van der Waals surface area contributed by atoms with Crippen LogP contribution in [0.3, 0.4) is 0 Å². The molecular formula is C14H12BrN3OS. The second-order valence-corrected chi connectivity index (χ2v) is 6.66. The van der Waals surface area contributed by atoms with E-state index in [2.05, 4.69) is 39.9 Å². The molecule has 0 fully saturated rings. The molecule has 2 aromatic heterocycles. The van der Waals surface area contributed by atoms with E-state index in [1.807, 2.05) is 24.3 Å². The largest absolute Gasteiger partial charge is 0.296 e. The lowest BCUT2D eigenvalue weighted by Crippen LogP contribution is -1.96. The van der Waals surface area contributed by atoms with Crippen molar-refractivity contribution in [2.24, 2.45) is 0 Å². The van der Waals surface area contributed by atoms with E-state index in [0.29, 0.717) is 17.3 Å². The van der Waals surface area contributed by atoms with Gasteiger partial charge in [-0.1, -0.05) is 53.2 Å². The van der Waals surface area contributed by atoms with Crippen LogP contribution < -0.4 is 0 Å². The molecule has 0 amide bonds. The van der Waals surface area contributed by atoms with Crippen molar-refractivity contribution in [2.45, 2.75) is 19.8 Å². The third kappa shape index (κ3) is 2.19. The van der Waals surface area contributed by atoms with Crippen molar-refractivity contribution in [1.82, 2.24) is 14.6 Å². The topological polar surface area (TPSA) is 47.3 Å². The summed E-state index contributed by atoms with van der Waals surface area (Å²) in [5.41, 5.74) is 2.10. The van der Waals surface area contributed by atoms with Gasteiger partial charge in [0.05, 0.1) is 0 Å². The van der Waals surface area contributed by atoms with Gasteiger partial charge in [0.1, 0.15) is 16.4 Å². The van der Waals surface area contributed by atoms with E-state index in [9.17, 15) is 4.79 Å². The van der Waals surface area contributed by atoms with Crippen LogP contribution in [0, 0.1) is 0 Å². The van der Waals surface area contributed by atoms with Gasteiger partial charge in [0.25, 0.3) is 0 Å². The van der Waals surface area contributed by atoms with Crippen molar-refractivity contribution in [3.05, 3.63) is 39.4 Å². The summed E-state index contributed by atoms with van der Waals surface area (Å²) in [5, 5.41) is 5.46. The van der Waals surface area contributed by atoms with Gasteiger partial charge in [-0.15, -0.1) is 0 Å². The van der Waals surface area contributed by atoms with E-state index in [0.717, 1.165) is 26.3 Å². The first-order valence-corrected chi connectivity index (χ1v) is 7.81. The lowest BCUT2D eigenvalue weighted by Gasteiger charge is -1.99. The summed E-state index contributed by atoms with van der Waals surface area (Å²) in [5.74, 6) is 0.331. The number of rotatable bonds is 3. The monoisotopic (exact) mass is 349 g/mol. The first kappa shape index (κ1) is 13.5. The van der Waals surface area contributed by atoms with Crippen molar-refractivity contribution in [3.63, 3.8) is 0 Å². The van der Waals surface area contributed by atoms with Crippen molar-refractivity contribution in [2.75, 3.05) is 0 Å². The van der Waals surface area contributed by atoms with Gasteiger partial charge in [-0.25, -0.2) is 4.98 Å². The number of benzene rings is 1. The zero-order valence-electron chi connectivity index (χ0n) is 11.0. The molecule has 3 aromatic rings. The molecule has 6 heteroatoms. The van der Waals surface area contributed by atoms with E-state index in [4.69, 9.17) is 0 Å². The van der Waals surface area contributed by atoms with Crippen molar-refractivity contribution in [1.29, 1.82) is 0 Å². The van der Waals surface area contributed by atoms with Gasteiger partial charge in [0.2, 0.25) is 4.96 Å². The third-order valence-electron chi connectivity index (χ3n) is 2.98. The van der Waals surface area contributed by atoms with Crippen molar-refractivity contribution in [3.8, 4) is 11.3 Å². The summed E-state index contributed by atoms with van der Waals surface area (Å²) < 4.78 is 2.64. The molecule has 0 aliphatic heterocycles. The van der Waals surface area contributed by atoms with E-state index in [-0.39, 0.29) is 0 Å². The molecule has 0 radical (unpaired) electrons. The Morgan fingerprint density at radius 1 is 1.30 bits per heavy atom. The Bertz CT molecular complexity index is 774. The minimum absolute atomic E-state index is 0.331. The Labute approximate surface area is 128 Å². The summed E-state index contributed by atoms with van der Waals surface area (Å²) in [6.45, 7) is 4.16. The maximum absolute atomic E-state index is 11.4. The fourth-order valence-corrected chi connectivity index (χ4v) is 3.11. The maximum Gasteiger partial charge on any atom is 0.213 e. The van der Waals surface area contributed by atoms with Gasteiger partial charge in [0, 0.05) is 16.0 Å². The van der Waals surface area contributed by atoms with E-state index in [1.54, 1.807) is 4.52 Å². The lowest BCUT2D eigenvalue weighted by atomic mass is 10.1. The molecule has 0 saturated carbocycles. The van der Waals surface area contributed by atoms with Crippen LogP contribution in [0.25, 0.3) is 16.2 Å². The SMILES string of the molecule is CC(C)c1nn2c(C=O)c(-c3ccc(Br)cc3)nc2s1. The number of imidazole rings is 1. The van der Waals surface area contributed by atoms with E-state index >= 15 is 0 Å². The molecule has 102 valence electrons. The minimum Gasteiger partial charge on any atom is -0.296 e. The summed E-state index contributed by atoms with van der Waals surface area (Å²) in [6.07, 6.45) is 0.821. The minimum atomic E-state index is 0.331. The number of hydrogen-bond donors (Lipinski definition) is 0. The number of aromatic nitrogens is 3. The molecule has 20 heavy (non-hydrogen) atoms. The Hall–Kier alpha value is -1.53. The summed E-state index contributed by atoms with van der Waals surface area (Å²) in [7, 11) is 0. The maximum atomic E-state index is 11.4. The molecule has 0 saturated heterocycles. The first-order valence-electron chi connectivity index (χ1n) is 6.20. The predicted octanol–water partition coefficient (Wildman–Crippen LogP) is 4.16. The van der Waals surface area contributed by atoms with Crippen LogP contribution in [0.2, 0.25) is 0 Å². The highest BCUT2D eigenvalue weighted by Gasteiger charge is 2.18. The van der Waals surface area contributed by atoms with Crippen LogP contribution >= 0.6 is 27.3 Å². The average Bonchev–Trinajstić information content (AvgIpc) is 2.96. The quantitative estimate of drug-likeness (QED) is 0.667. The number of halogens is 1. The number of hydrogen-bond acceptors (Lipinski definition) is 4. The van der Waals surface area contributed by atoms with Crippen LogP contribution in [0.15, 0.2) is 28.7 Å². The highest BCUT2D eigenvalue weighted by Crippen LogP contribution is 2.29. The lowest BCUT2D eigenvalue weighted by molar-refractivity contribution is 0.111. The van der Waals surface area contributed by atoms with Crippen LogP contribution in [-0.2, 0) is 0 Å². The molecule has 0 aliphatic carbocycles. The standard InChI is InChI=1S/C14H12BrN3OS/c1-8(2)13-17-18-11(7-19)12(16-14(18)20-13)9-3-5-10(15)6-4-9/h3-8H,1-2H3. The second kappa shape index (κ2) is 5.10. The van der Waals surface area contributed by atoms with Crippen LogP contribution in [0.4, 0.5) is 0 Å². The summed E-state index contributed by atoms with van der Waals surface area (Å²) in [4.78, 5) is 16.7. The Morgan fingerprint density at radius 2 is 2.00 bits per heavy atom. The van der Waals surface area contributed by atoms with Crippen LogP contribution in [0.1, 0.15) is 35.3 Å². The molecule has 0 aliphatic rings. The molecule has 0 bridgehead atoms. The zero-order chi connectivity index (χ0) is 14.3. The van der Waals surface area contributed by atoms with Gasteiger partial charge in [-0.05, 0) is 12.1 Å².